The SMILES string of the molecule is CCC1CCC(C2CCC(C)CC2)CC1.CCC1CCC2C3=C1C(CC)CCC3C1CCC(C)C3=C1C2CCC3C. The van der Waals surface area contributed by atoms with Crippen LogP contribution in [0.25, 0.3) is 0 Å². The van der Waals surface area contributed by atoms with Crippen molar-refractivity contribution in [1.29, 1.82) is 0 Å². The maximum absolute atomic E-state index is 2.55. The summed E-state index contributed by atoms with van der Waals surface area (Å²) in [6.07, 6.45) is 28.5. The van der Waals surface area contributed by atoms with Crippen LogP contribution in [0.4, 0.5) is 0 Å². The van der Waals surface area contributed by atoms with Crippen molar-refractivity contribution >= 4 is 0 Å². The molecule has 8 atom stereocenters. The van der Waals surface area contributed by atoms with E-state index >= 15 is 0 Å². The van der Waals surface area contributed by atoms with Crippen LogP contribution in [0.1, 0.15) is 164 Å². The Bertz CT molecular complexity index is 883. The quantitative estimate of drug-likeness (QED) is 0.300. The standard InChI is InChI=1S/C26H40.C15H28/c1-5-17-9-13-21-19-11-7-15(3)23-16(4)8-12-20(25(19)23)22-14-10-18(6-2)24(17)26(21)22;1-3-13-6-10-15(11-7-13)14-8-4-12(2)5-9-14/h15-22H,5-14H2,1-4H3;12-15H,3-11H2,1-2H3. The molecule has 0 N–H and O–H groups in total. The van der Waals surface area contributed by atoms with Gasteiger partial charge in [0.05, 0.1) is 0 Å². The Hall–Kier alpha value is -0.520. The molecule has 8 unspecified atom stereocenters. The largest absolute Gasteiger partial charge is 0.0651 e. The molecule has 0 bridgehead atoms. The highest BCUT2D eigenvalue weighted by Crippen LogP contribution is 2.64. The van der Waals surface area contributed by atoms with Crippen molar-refractivity contribution < 1.29 is 0 Å². The van der Waals surface area contributed by atoms with Gasteiger partial charge in [-0.25, -0.2) is 0 Å². The summed E-state index contributed by atoms with van der Waals surface area (Å²) in [5.41, 5.74) is 8.11. The van der Waals surface area contributed by atoms with Crippen LogP contribution in [-0.2, 0) is 0 Å². The van der Waals surface area contributed by atoms with Gasteiger partial charge in [0.15, 0.2) is 0 Å². The third-order valence-corrected chi connectivity index (χ3v) is 14.8. The topological polar surface area (TPSA) is 0 Å². The fraction of sp³-hybridized carbons (Fsp3) is 0.902. The molecule has 0 aliphatic heterocycles. The van der Waals surface area contributed by atoms with E-state index in [1.54, 1.807) is 25.7 Å². The van der Waals surface area contributed by atoms with Gasteiger partial charge >= 0.3 is 0 Å². The summed E-state index contributed by atoms with van der Waals surface area (Å²) in [7, 11) is 0. The Labute approximate surface area is 256 Å². The minimum atomic E-state index is 0.878. The average Bonchev–Trinajstić information content (AvgIpc) is 3.01. The van der Waals surface area contributed by atoms with Crippen molar-refractivity contribution in [2.45, 2.75) is 164 Å². The van der Waals surface area contributed by atoms with Crippen molar-refractivity contribution in [2.75, 3.05) is 0 Å². The van der Waals surface area contributed by atoms with Crippen LogP contribution in [0.5, 0.6) is 0 Å². The second-order valence-corrected chi connectivity index (χ2v) is 16.8. The molecule has 0 saturated heterocycles. The lowest BCUT2D eigenvalue weighted by molar-refractivity contribution is 0.133. The Morgan fingerprint density at radius 1 is 0.390 bits per heavy atom. The molecule has 0 heteroatoms. The first-order chi connectivity index (χ1) is 19.9. The number of fused-ring (bicyclic) bond motifs is 2. The average molecular weight is 561 g/mol. The number of rotatable bonds is 4. The minimum absolute atomic E-state index is 0.878. The monoisotopic (exact) mass is 561 g/mol. The Balaban J connectivity index is 0.000000172. The fourth-order valence-corrected chi connectivity index (χ4v) is 12.5. The summed E-state index contributed by atoms with van der Waals surface area (Å²) in [6.45, 7) is 14.8. The summed E-state index contributed by atoms with van der Waals surface area (Å²) in [5, 5.41) is 0. The van der Waals surface area contributed by atoms with E-state index < -0.39 is 0 Å². The van der Waals surface area contributed by atoms with Gasteiger partial charge in [0.1, 0.15) is 0 Å². The van der Waals surface area contributed by atoms with Gasteiger partial charge in [-0.2, -0.15) is 0 Å². The van der Waals surface area contributed by atoms with Crippen LogP contribution in [0.15, 0.2) is 22.3 Å². The zero-order chi connectivity index (χ0) is 28.7. The van der Waals surface area contributed by atoms with Crippen molar-refractivity contribution in [3.63, 3.8) is 0 Å². The van der Waals surface area contributed by atoms with E-state index in [1.165, 1.54) is 96.3 Å². The summed E-state index contributed by atoms with van der Waals surface area (Å²) in [6, 6.07) is 0. The summed E-state index contributed by atoms with van der Waals surface area (Å²) in [5.74, 6) is 11.7. The smallest absolute Gasteiger partial charge is 0.0131 e. The molecule has 7 aliphatic rings. The summed E-state index contributed by atoms with van der Waals surface area (Å²) < 4.78 is 0. The molecule has 7 aliphatic carbocycles. The molecule has 41 heavy (non-hydrogen) atoms. The predicted molar refractivity (Wildman–Crippen MR) is 178 cm³/mol. The third kappa shape index (κ3) is 5.84. The minimum Gasteiger partial charge on any atom is -0.0651 e. The van der Waals surface area contributed by atoms with E-state index in [-0.39, 0.29) is 0 Å². The van der Waals surface area contributed by atoms with Crippen LogP contribution in [-0.4, -0.2) is 0 Å². The van der Waals surface area contributed by atoms with Gasteiger partial charge in [-0.3, -0.25) is 0 Å². The van der Waals surface area contributed by atoms with Gasteiger partial charge in [0.2, 0.25) is 0 Å². The molecular formula is C41H68. The molecule has 0 amide bonds. The Morgan fingerprint density at radius 3 is 1.24 bits per heavy atom. The van der Waals surface area contributed by atoms with Gasteiger partial charge < -0.3 is 0 Å². The normalized spacial score (nSPS) is 45.8. The first-order valence-corrected chi connectivity index (χ1v) is 19.4. The van der Waals surface area contributed by atoms with Gasteiger partial charge in [-0.15, -0.1) is 0 Å². The van der Waals surface area contributed by atoms with E-state index in [4.69, 9.17) is 0 Å². The molecule has 0 aromatic carbocycles. The van der Waals surface area contributed by atoms with Crippen LogP contribution in [0.2, 0.25) is 0 Å². The lowest BCUT2D eigenvalue weighted by Crippen LogP contribution is -2.47. The number of allylic oxidation sites excluding steroid dienone is 4. The van der Waals surface area contributed by atoms with Gasteiger partial charge in [-0.1, -0.05) is 95.9 Å². The lowest BCUT2D eigenvalue weighted by atomic mass is 9.47. The molecule has 0 spiro atoms. The molecule has 0 aromatic heterocycles. The fourth-order valence-electron chi connectivity index (χ4n) is 12.5. The van der Waals surface area contributed by atoms with Crippen molar-refractivity contribution in [3.8, 4) is 0 Å². The molecular weight excluding hydrogens is 492 g/mol. The second-order valence-electron chi connectivity index (χ2n) is 16.8. The van der Waals surface area contributed by atoms with Crippen LogP contribution in [0, 0.1) is 71.0 Å². The summed E-state index contributed by atoms with van der Waals surface area (Å²) >= 11 is 0. The Kier molecular flexibility index (Phi) is 9.84. The van der Waals surface area contributed by atoms with Crippen molar-refractivity contribution in [3.05, 3.63) is 22.3 Å². The molecule has 232 valence electrons. The van der Waals surface area contributed by atoms with Crippen molar-refractivity contribution in [1.82, 2.24) is 0 Å². The van der Waals surface area contributed by atoms with E-state index in [0.29, 0.717) is 0 Å². The molecule has 7 rings (SSSR count). The van der Waals surface area contributed by atoms with Gasteiger partial charge in [-0.05, 0) is 161 Å². The van der Waals surface area contributed by atoms with E-state index in [0.717, 1.165) is 71.0 Å². The lowest BCUT2D eigenvalue weighted by Gasteiger charge is -2.58. The predicted octanol–water partition coefficient (Wildman–Crippen LogP) is 12.6. The molecule has 0 radical (unpaired) electrons. The van der Waals surface area contributed by atoms with E-state index in [1.807, 2.05) is 16.7 Å². The molecule has 0 nitrogen and oxygen atoms in total. The molecule has 0 aromatic rings. The maximum atomic E-state index is 2.55. The molecule has 3 fully saturated rings. The number of hydrogen-bond acceptors (Lipinski definition) is 0. The van der Waals surface area contributed by atoms with Crippen LogP contribution in [0.3, 0.4) is 0 Å². The van der Waals surface area contributed by atoms with Gasteiger partial charge in [0, 0.05) is 0 Å². The highest BCUT2D eigenvalue weighted by Gasteiger charge is 2.52. The van der Waals surface area contributed by atoms with Crippen molar-refractivity contribution in [2.24, 2.45) is 71.0 Å². The Morgan fingerprint density at radius 2 is 0.805 bits per heavy atom. The first-order valence-electron chi connectivity index (χ1n) is 19.4. The van der Waals surface area contributed by atoms with Gasteiger partial charge in [0.25, 0.3) is 0 Å². The molecule has 0 heterocycles. The number of hydrogen-bond donors (Lipinski definition) is 0. The summed E-state index contributed by atoms with van der Waals surface area (Å²) in [4.78, 5) is 0. The zero-order valence-electron chi connectivity index (χ0n) is 28.4. The molecule has 3 saturated carbocycles. The van der Waals surface area contributed by atoms with E-state index in [9.17, 15) is 0 Å². The first kappa shape index (κ1) is 30.5. The highest BCUT2D eigenvalue weighted by atomic mass is 14.6. The van der Waals surface area contributed by atoms with E-state index in [2.05, 4.69) is 47.1 Å². The third-order valence-electron chi connectivity index (χ3n) is 14.8. The van der Waals surface area contributed by atoms with Crippen LogP contribution >= 0.6 is 0 Å². The maximum Gasteiger partial charge on any atom is -0.0131 e. The van der Waals surface area contributed by atoms with Crippen LogP contribution < -0.4 is 0 Å². The highest BCUT2D eigenvalue weighted by molar-refractivity contribution is 5.42. The second kappa shape index (κ2) is 13.2. The zero-order valence-corrected chi connectivity index (χ0v) is 28.4.